The molecule has 4 rings (SSSR count). The lowest BCUT2D eigenvalue weighted by Gasteiger charge is -2.32. The minimum atomic E-state index is -0.270. The lowest BCUT2D eigenvalue weighted by atomic mass is 9.78. The second kappa shape index (κ2) is 13.8. The van der Waals surface area contributed by atoms with Crippen molar-refractivity contribution in [3.05, 3.63) is 63.8 Å². The summed E-state index contributed by atoms with van der Waals surface area (Å²) in [6.07, 6.45) is 25.5. The highest BCUT2D eigenvalue weighted by Crippen LogP contribution is 2.54. The van der Waals surface area contributed by atoms with E-state index >= 15 is 0 Å². The Labute approximate surface area is 242 Å². The van der Waals surface area contributed by atoms with Gasteiger partial charge in [-0.1, -0.05) is 81.9 Å². The molecule has 1 saturated heterocycles. The van der Waals surface area contributed by atoms with E-state index < -0.39 is 0 Å². The van der Waals surface area contributed by atoms with Gasteiger partial charge in [-0.3, -0.25) is 0 Å². The van der Waals surface area contributed by atoms with Crippen LogP contribution in [0.25, 0.3) is 5.57 Å². The first-order valence-electron chi connectivity index (χ1n) is 15.8. The van der Waals surface area contributed by atoms with Crippen LogP contribution in [0.2, 0.25) is 0 Å². The maximum atomic E-state index is 7.11. The standard InChI is InChI=1S/C35H53N3S/c1-6-8-9-10-11-16-28(22-26(3)4)23-27(5)15-12-13-20-34(25-38-34)33-37-24-32(39-33)30(7-2)35(36)21-14-17-31(35)29-18-19-29/h22-24,29,31,38H,2-3,6,8-21,25,36H2,1,4-5H3/b27-23+,28-22-. The maximum absolute atomic E-state index is 7.11. The Morgan fingerprint density at radius 2 is 1.87 bits per heavy atom. The van der Waals surface area contributed by atoms with Gasteiger partial charge in [0.15, 0.2) is 0 Å². The Bertz CT molecular complexity index is 1090. The molecule has 0 spiro atoms. The zero-order chi connectivity index (χ0) is 27.9. The van der Waals surface area contributed by atoms with Crippen LogP contribution in [0.5, 0.6) is 0 Å². The highest BCUT2D eigenvalue weighted by Gasteiger charge is 2.51. The Kier molecular flexibility index (Phi) is 10.7. The summed E-state index contributed by atoms with van der Waals surface area (Å²) in [5.74, 6) is 1.39. The van der Waals surface area contributed by atoms with Crippen LogP contribution in [0, 0.1) is 11.8 Å². The van der Waals surface area contributed by atoms with Crippen molar-refractivity contribution in [1.82, 2.24) is 10.3 Å². The lowest BCUT2D eigenvalue weighted by molar-refractivity contribution is 0.357. The minimum Gasteiger partial charge on any atom is -0.321 e. The molecule has 1 aliphatic heterocycles. The molecule has 0 bridgehead atoms. The van der Waals surface area contributed by atoms with Crippen LogP contribution in [0.4, 0.5) is 0 Å². The van der Waals surface area contributed by atoms with Crippen LogP contribution in [0.15, 0.2) is 54.0 Å². The number of hydrogen-bond acceptors (Lipinski definition) is 4. The maximum Gasteiger partial charge on any atom is 0.115 e. The summed E-state index contributed by atoms with van der Waals surface area (Å²) < 4.78 is 0. The van der Waals surface area contributed by atoms with Gasteiger partial charge < -0.3 is 11.1 Å². The second-order valence-corrected chi connectivity index (χ2v) is 13.9. The number of rotatable bonds is 17. The van der Waals surface area contributed by atoms with Gasteiger partial charge in [0.05, 0.1) is 16.0 Å². The average molecular weight is 548 g/mol. The molecule has 4 heteroatoms. The predicted octanol–water partition coefficient (Wildman–Crippen LogP) is 9.39. The summed E-state index contributed by atoms with van der Waals surface area (Å²) in [6, 6.07) is 0. The molecule has 0 amide bonds. The topological polar surface area (TPSA) is 60.8 Å². The van der Waals surface area contributed by atoms with Gasteiger partial charge in [-0.2, -0.15) is 0 Å². The van der Waals surface area contributed by atoms with Gasteiger partial charge >= 0.3 is 0 Å². The Morgan fingerprint density at radius 1 is 1.13 bits per heavy atom. The fourth-order valence-electron chi connectivity index (χ4n) is 6.81. The van der Waals surface area contributed by atoms with Crippen molar-refractivity contribution in [3.63, 3.8) is 0 Å². The van der Waals surface area contributed by atoms with Crippen LogP contribution in [0.1, 0.15) is 127 Å². The molecule has 214 valence electrons. The van der Waals surface area contributed by atoms with Crippen LogP contribution in [-0.2, 0) is 5.54 Å². The molecule has 1 aromatic heterocycles. The van der Waals surface area contributed by atoms with E-state index in [1.165, 1.54) is 98.1 Å². The van der Waals surface area contributed by atoms with E-state index in [4.69, 9.17) is 10.7 Å². The molecule has 39 heavy (non-hydrogen) atoms. The number of allylic oxidation sites excluding steroid dienone is 5. The molecule has 1 aromatic rings. The first kappa shape index (κ1) is 30.3. The number of aromatic nitrogens is 1. The lowest BCUT2D eigenvalue weighted by Crippen LogP contribution is -2.45. The van der Waals surface area contributed by atoms with Crippen molar-refractivity contribution in [1.29, 1.82) is 0 Å². The molecule has 3 nitrogen and oxygen atoms in total. The molecule has 3 atom stereocenters. The third-order valence-electron chi connectivity index (χ3n) is 9.22. The summed E-state index contributed by atoms with van der Waals surface area (Å²) in [4.78, 5) is 6.11. The normalized spacial score (nSPS) is 27.0. The SMILES string of the molecule is C=C=C(c1cnc(C2(CCCC/C(C)=C/C(=C\C(=C)C)CCCCCCC)CN2)s1)C1(N)CCCC1C1CC1. The second-order valence-electron chi connectivity index (χ2n) is 12.8. The summed E-state index contributed by atoms with van der Waals surface area (Å²) in [5, 5.41) is 4.89. The van der Waals surface area contributed by atoms with Crippen molar-refractivity contribution in [3.8, 4) is 0 Å². The number of unbranched alkanes of at least 4 members (excludes halogenated alkanes) is 5. The monoisotopic (exact) mass is 547 g/mol. The summed E-state index contributed by atoms with van der Waals surface area (Å²) >= 11 is 1.83. The molecule has 0 radical (unpaired) electrons. The molecule has 3 unspecified atom stereocenters. The summed E-state index contributed by atoms with van der Waals surface area (Å²) in [7, 11) is 0. The van der Waals surface area contributed by atoms with E-state index in [1.807, 2.05) is 11.3 Å². The van der Waals surface area contributed by atoms with Crippen molar-refractivity contribution < 1.29 is 0 Å². The van der Waals surface area contributed by atoms with Crippen LogP contribution in [-0.4, -0.2) is 17.1 Å². The minimum absolute atomic E-state index is 0.0592. The third-order valence-corrected chi connectivity index (χ3v) is 10.4. The molecule has 2 saturated carbocycles. The van der Waals surface area contributed by atoms with Crippen molar-refractivity contribution in [2.75, 3.05) is 6.54 Å². The van der Waals surface area contributed by atoms with Crippen LogP contribution < -0.4 is 11.1 Å². The highest BCUT2D eigenvalue weighted by molar-refractivity contribution is 7.13. The van der Waals surface area contributed by atoms with Gasteiger partial charge in [0, 0.05) is 18.3 Å². The number of nitrogens with two attached hydrogens (primary N) is 1. The summed E-state index contributed by atoms with van der Waals surface area (Å²) in [5.41, 5.74) is 15.4. The molecule has 2 aliphatic carbocycles. The fraction of sp³-hybridized carbons (Fsp3) is 0.657. The Morgan fingerprint density at radius 3 is 2.54 bits per heavy atom. The smallest absolute Gasteiger partial charge is 0.115 e. The van der Waals surface area contributed by atoms with Gasteiger partial charge in [-0.05, 0) is 89.0 Å². The Hall–Kier alpha value is -1.71. The average Bonchev–Trinajstić information content (AvgIpc) is 3.81. The first-order chi connectivity index (χ1) is 18.8. The van der Waals surface area contributed by atoms with Crippen molar-refractivity contribution >= 4 is 16.9 Å². The van der Waals surface area contributed by atoms with Gasteiger partial charge in [-0.15, -0.1) is 17.1 Å². The van der Waals surface area contributed by atoms with Crippen molar-refractivity contribution in [2.45, 2.75) is 128 Å². The van der Waals surface area contributed by atoms with E-state index in [9.17, 15) is 0 Å². The third kappa shape index (κ3) is 7.94. The number of thiazole rings is 1. The van der Waals surface area contributed by atoms with Gasteiger partial charge in [0.25, 0.3) is 0 Å². The molecule has 2 heterocycles. The van der Waals surface area contributed by atoms with Gasteiger partial charge in [-0.25, -0.2) is 4.98 Å². The van der Waals surface area contributed by atoms with Crippen molar-refractivity contribution in [2.24, 2.45) is 17.6 Å². The highest BCUT2D eigenvalue weighted by atomic mass is 32.1. The van der Waals surface area contributed by atoms with E-state index in [1.54, 1.807) is 0 Å². The van der Waals surface area contributed by atoms with E-state index in [0.717, 1.165) is 42.9 Å². The molecular weight excluding hydrogens is 494 g/mol. The van der Waals surface area contributed by atoms with E-state index in [-0.39, 0.29) is 11.1 Å². The van der Waals surface area contributed by atoms with Crippen LogP contribution >= 0.6 is 11.3 Å². The zero-order valence-electron chi connectivity index (χ0n) is 25.0. The summed E-state index contributed by atoms with van der Waals surface area (Å²) in [6.45, 7) is 15.9. The van der Waals surface area contributed by atoms with Gasteiger partial charge in [0.2, 0.25) is 0 Å². The fourth-order valence-corrected chi connectivity index (χ4v) is 8.04. The van der Waals surface area contributed by atoms with Crippen LogP contribution in [0.3, 0.4) is 0 Å². The molecule has 3 fully saturated rings. The number of hydrogen-bond donors (Lipinski definition) is 2. The largest absolute Gasteiger partial charge is 0.321 e. The number of nitrogens with zero attached hydrogens (tertiary/aromatic N) is 1. The molecule has 0 aromatic carbocycles. The quantitative estimate of drug-likeness (QED) is 0.0883. The predicted molar refractivity (Wildman–Crippen MR) is 170 cm³/mol. The zero-order valence-corrected chi connectivity index (χ0v) is 25.9. The van der Waals surface area contributed by atoms with Gasteiger partial charge in [0.1, 0.15) is 5.01 Å². The molecule has 3 N–H and O–H groups in total. The van der Waals surface area contributed by atoms with E-state index in [0.29, 0.717) is 5.92 Å². The molecule has 3 aliphatic rings. The Balaban J connectivity index is 1.29. The number of nitrogens with one attached hydrogen (secondary N) is 1. The molecular formula is C35H53N3S. The first-order valence-corrected chi connectivity index (χ1v) is 16.6. The van der Waals surface area contributed by atoms with E-state index in [2.05, 4.69) is 63.3 Å².